The molecule has 0 aliphatic rings. The zero-order valence-corrected chi connectivity index (χ0v) is 46.8. The second-order valence-corrected chi connectivity index (χ2v) is 22.8. The van der Waals surface area contributed by atoms with Gasteiger partial charge in [0, 0.05) is 6.42 Å². The van der Waals surface area contributed by atoms with Crippen LogP contribution in [-0.2, 0) is 18.4 Å². The number of phosphoric acid groups is 1. The predicted molar refractivity (Wildman–Crippen MR) is 295 cm³/mol. The van der Waals surface area contributed by atoms with Gasteiger partial charge in [0.05, 0.1) is 39.9 Å². The van der Waals surface area contributed by atoms with Crippen LogP contribution >= 0.6 is 7.82 Å². The van der Waals surface area contributed by atoms with E-state index in [4.69, 9.17) is 9.05 Å². The number of quaternary nitrogens is 1. The van der Waals surface area contributed by atoms with Crippen molar-refractivity contribution in [1.29, 1.82) is 0 Å². The molecule has 0 aromatic carbocycles. The summed E-state index contributed by atoms with van der Waals surface area (Å²) in [4.78, 5) is 23.2. The summed E-state index contributed by atoms with van der Waals surface area (Å²) in [5.41, 5.74) is 0. The van der Waals surface area contributed by atoms with E-state index in [9.17, 15) is 19.4 Å². The molecule has 3 unspecified atom stereocenters. The van der Waals surface area contributed by atoms with Crippen molar-refractivity contribution in [1.82, 2.24) is 5.32 Å². The maximum absolute atomic E-state index is 12.9. The molecule has 0 bridgehead atoms. The first-order valence-corrected chi connectivity index (χ1v) is 30.9. The first-order valence-electron chi connectivity index (χ1n) is 29.4. The highest BCUT2D eigenvalue weighted by Gasteiger charge is 2.27. The molecule has 8 nitrogen and oxygen atoms in total. The summed E-state index contributed by atoms with van der Waals surface area (Å²) in [7, 11) is 1.57. The number of allylic oxidation sites excluding steroid dienone is 5. The van der Waals surface area contributed by atoms with Crippen molar-refractivity contribution < 1.29 is 32.9 Å². The average molecular weight is 981 g/mol. The maximum Gasteiger partial charge on any atom is 0.472 e. The molecule has 3 atom stereocenters. The maximum atomic E-state index is 12.9. The zero-order valence-electron chi connectivity index (χ0n) is 45.9. The van der Waals surface area contributed by atoms with Gasteiger partial charge in [0.2, 0.25) is 5.91 Å². The third kappa shape index (κ3) is 52.5. The van der Waals surface area contributed by atoms with Crippen LogP contribution in [0, 0.1) is 0 Å². The van der Waals surface area contributed by atoms with Crippen LogP contribution in [0.5, 0.6) is 0 Å². The Morgan fingerprint density at radius 1 is 0.500 bits per heavy atom. The zero-order chi connectivity index (χ0) is 49.9. The summed E-state index contributed by atoms with van der Waals surface area (Å²) < 4.78 is 23.7. The second kappa shape index (κ2) is 50.7. The monoisotopic (exact) mass is 980 g/mol. The minimum atomic E-state index is -4.35. The summed E-state index contributed by atoms with van der Waals surface area (Å²) in [5.74, 6) is -0.189. The Morgan fingerprint density at radius 2 is 0.853 bits per heavy atom. The molecule has 3 N–H and O–H groups in total. The summed E-state index contributed by atoms with van der Waals surface area (Å²) in [6, 6.07) is -0.854. The van der Waals surface area contributed by atoms with Crippen LogP contribution in [0.3, 0.4) is 0 Å². The molecule has 402 valence electrons. The smallest absolute Gasteiger partial charge is 0.387 e. The molecule has 0 heterocycles. The van der Waals surface area contributed by atoms with E-state index in [1.54, 1.807) is 6.08 Å². The molecule has 9 heteroatoms. The van der Waals surface area contributed by atoms with Gasteiger partial charge in [-0.1, -0.05) is 269 Å². The van der Waals surface area contributed by atoms with E-state index in [2.05, 4.69) is 43.5 Å². The number of phosphoric ester groups is 1. The first-order chi connectivity index (χ1) is 33.0. The Hall–Kier alpha value is -1.28. The van der Waals surface area contributed by atoms with Crippen LogP contribution in [0.15, 0.2) is 36.5 Å². The van der Waals surface area contributed by atoms with E-state index in [0.717, 1.165) is 64.2 Å². The van der Waals surface area contributed by atoms with E-state index in [1.165, 1.54) is 199 Å². The minimum Gasteiger partial charge on any atom is -0.387 e. The quantitative estimate of drug-likeness (QED) is 0.0243. The molecule has 0 radical (unpaired) electrons. The number of hydrogen-bond donors (Lipinski definition) is 3. The van der Waals surface area contributed by atoms with Crippen LogP contribution in [0.25, 0.3) is 0 Å². The average Bonchev–Trinajstić information content (AvgIpc) is 3.30. The van der Waals surface area contributed by atoms with Crippen LogP contribution in [-0.4, -0.2) is 73.4 Å². The Balaban J connectivity index is 4.06. The third-order valence-corrected chi connectivity index (χ3v) is 14.3. The SMILES string of the molecule is CCCC/C=C\C/C=C\CCCCCCCC(=O)NC(COP(=O)(O)OCC[N+](C)(C)C)C(O)/C=C/CCCCCCCCCCCCCCCCCCCCCCCCCCCCCCCC. The van der Waals surface area contributed by atoms with Gasteiger partial charge in [-0.2, -0.15) is 0 Å². The molecule has 0 aliphatic heterocycles. The lowest BCUT2D eigenvalue weighted by Crippen LogP contribution is -2.45. The summed E-state index contributed by atoms with van der Waals surface area (Å²) in [6.07, 6.45) is 65.5. The van der Waals surface area contributed by atoms with Gasteiger partial charge in [-0.3, -0.25) is 13.8 Å². The van der Waals surface area contributed by atoms with E-state index in [-0.39, 0.29) is 19.1 Å². The summed E-state index contributed by atoms with van der Waals surface area (Å²) in [6.45, 7) is 4.79. The molecule has 0 aliphatic carbocycles. The van der Waals surface area contributed by atoms with Crippen molar-refractivity contribution in [2.75, 3.05) is 40.9 Å². The number of carbonyl (C=O) groups excluding carboxylic acids is 1. The van der Waals surface area contributed by atoms with Crippen LogP contribution in [0.2, 0.25) is 0 Å². The molecular formula is C59H116N2O6P+. The molecule has 0 rings (SSSR count). The largest absolute Gasteiger partial charge is 0.472 e. The van der Waals surface area contributed by atoms with Gasteiger partial charge in [0.15, 0.2) is 0 Å². The lowest BCUT2D eigenvalue weighted by Gasteiger charge is -2.25. The molecule has 0 aromatic rings. The number of unbranched alkanes of at least 4 members (excludes halogenated alkanes) is 37. The summed E-state index contributed by atoms with van der Waals surface area (Å²) in [5, 5.41) is 13.9. The Kier molecular flexibility index (Phi) is 49.7. The van der Waals surface area contributed by atoms with Gasteiger partial charge in [0.1, 0.15) is 13.2 Å². The van der Waals surface area contributed by atoms with E-state index in [0.29, 0.717) is 17.4 Å². The molecule has 0 aromatic heterocycles. The molecule has 1 amide bonds. The number of nitrogens with zero attached hydrogens (tertiary/aromatic N) is 1. The van der Waals surface area contributed by atoms with E-state index >= 15 is 0 Å². The predicted octanol–water partition coefficient (Wildman–Crippen LogP) is 17.8. The highest BCUT2D eigenvalue weighted by molar-refractivity contribution is 7.47. The molecule has 0 fully saturated rings. The van der Waals surface area contributed by atoms with Crippen molar-refractivity contribution in [3.8, 4) is 0 Å². The Labute approximate surface area is 423 Å². The highest BCUT2D eigenvalue weighted by atomic mass is 31.2. The molecule has 0 saturated heterocycles. The fraction of sp³-hybridized carbons (Fsp3) is 0.881. The van der Waals surface area contributed by atoms with Gasteiger partial charge in [-0.25, -0.2) is 4.57 Å². The van der Waals surface area contributed by atoms with Gasteiger partial charge >= 0.3 is 7.82 Å². The fourth-order valence-electron chi connectivity index (χ4n) is 8.71. The minimum absolute atomic E-state index is 0.0587. The summed E-state index contributed by atoms with van der Waals surface area (Å²) >= 11 is 0. The van der Waals surface area contributed by atoms with Gasteiger partial charge in [0.25, 0.3) is 0 Å². The van der Waals surface area contributed by atoms with Crippen molar-refractivity contribution in [3.63, 3.8) is 0 Å². The molecule has 68 heavy (non-hydrogen) atoms. The fourth-order valence-corrected chi connectivity index (χ4v) is 9.44. The Bertz CT molecular complexity index is 1200. The second-order valence-electron chi connectivity index (χ2n) is 21.4. The number of amides is 1. The van der Waals surface area contributed by atoms with Crippen molar-refractivity contribution >= 4 is 13.7 Å². The third-order valence-electron chi connectivity index (χ3n) is 13.4. The number of nitrogens with one attached hydrogen (secondary N) is 1. The first kappa shape index (κ1) is 66.7. The topological polar surface area (TPSA) is 105 Å². The standard InChI is InChI=1S/C59H115N2O6P/c1-6-8-10-12-14-16-18-20-22-23-24-25-26-27-28-29-30-31-32-33-34-35-36-37-38-39-40-42-44-46-48-50-52-58(62)57(56-67-68(64,65)66-55-54-61(3,4)5)60-59(63)53-51-49-47-45-43-41-21-19-17-15-13-11-9-7-2/h13,15,19,21,50,52,57-58,62H,6-12,14,16-18,20,22-49,51,53-56H2,1-5H3,(H-,60,63,64,65)/p+1/b15-13-,21-19-,52-50+. The number of rotatable bonds is 54. The Morgan fingerprint density at radius 3 is 1.25 bits per heavy atom. The van der Waals surface area contributed by atoms with Crippen LogP contribution in [0.1, 0.15) is 284 Å². The van der Waals surface area contributed by atoms with Crippen molar-refractivity contribution in [2.45, 2.75) is 296 Å². The van der Waals surface area contributed by atoms with Crippen molar-refractivity contribution in [2.24, 2.45) is 0 Å². The van der Waals surface area contributed by atoms with Gasteiger partial charge < -0.3 is 19.8 Å². The number of aliphatic hydroxyl groups is 1. The van der Waals surface area contributed by atoms with Gasteiger partial charge in [-0.15, -0.1) is 0 Å². The number of hydrogen-bond acceptors (Lipinski definition) is 5. The number of carbonyl (C=O) groups is 1. The van der Waals surface area contributed by atoms with Crippen molar-refractivity contribution in [3.05, 3.63) is 36.5 Å². The molecular weight excluding hydrogens is 864 g/mol. The lowest BCUT2D eigenvalue weighted by atomic mass is 10.0. The molecule has 0 spiro atoms. The van der Waals surface area contributed by atoms with Crippen LogP contribution < -0.4 is 5.32 Å². The lowest BCUT2D eigenvalue weighted by molar-refractivity contribution is -0.870. The van der Waals surface area contributed by atoms with E-state index in [1.807, 2.05) is 27.2 Å². The van der Waals surface area contributed by atoms with Crippen LogP contribution in [0.4, 0.5) is 0 Å². The highest BCUT2D eigenvalue weighted by Crippen LogP contribution is 2.43. The normalized spacial score (nSPS) is 14.2. The van der Waals surface area contributed by atoms with E-state index < -0.39 is 20.0 Å². The number of aliphatic hydroxyl groups excluding tert-OH is 1. The van der Waals surface area contributed by atoms with Gasteiger partial charge in [-0.05, 0) is 44.9 Å². The number of likely N-dealkylation sites (N-methyl/N-ethyl adjacent to an activating group) is 1. The molecule has 0 saturated carbocycles.